The number of rotatable bonds is 22. The van der Waals surface area contributed by atoms with Crippen LogP contribution in [0.4, 0.5) is 0 Å². The zero-order valence-electron chi connectivity index (χ0n) is 29.9. The van der Waals surface area contributed by atoms with E-state index in [1.165, 1.54) is 17.4 Å². The second kappa shape index (κ2) is 18.3. The fraction of sp³-hybridized carbons (Fsp3) is 0.538. The predicted molar refractivity (Wildman–Crippen MR) is 203 cm³/mol. The normalized spacial score (nSPS) is 17.7. The van der Waals surface area contributed by atoms with Crippen LogP contribution >= 0.6 is 23.2 Å². The molecule has 11 nitrogen and oxygen atoms in total. The number of nitrogens with zero attached hydrogens (tertiary/aromatic N) is 2. The Labute approximate surface area is 321 Å². The average Bonchev–Trinajstić information content (AvgIpc) is 4.10. The number of ketones is 1. The Balaban J connectivity index is 1.15. The minimum atomic E-state index is -3.95. The fourth-order valence-corrected chi connectivity index (χ4v) is 8.71. The third-order valence-electron chi connectivity index (χ3n) is 10.4. The number of ether oxygens (including phenoxy) is 1. The molecule has 0 spiro atoms. The summed E-state index contributed by atoms with van der Waals surface area (Å²) >= 11 is 13.1. The number of carbonyl (C=O) groups excluding carboxylic acids is 1. The third kappa shape index (κ3) is 10.6. The molecule has 1 aromatic heterocycles. The SMILES string of the molecule is CN(CCCCCC(=O)CC[C@H](O)[C@@H](O)[C@H](O)[C@H](O)CO)S(=O)(=O)c1cc(CCC2(c3cnccc3-c3ccccc3OC3CC3)CC2)c(Cl)cc1Cl. The molecular formula is C39H50Cl2N2O9S. The van der Waals surface area contributed by atoms with Crippen LogP contribution in [0.15, 0.2) is 59.8 Å². The molecule has 2 aliphatic carbocycles. The monoisotopic (exact) mass is 792 g/mol. The minimum absolute atomic E-state index is 0.00770. The zero-order chi connectivity index (χ0) is 38.3. The first-order valence-corrected chi connectivity index (χ1v) is 20.5. The predicted octanol–water partition coefficient (Wildman–Crippen LogP) is 5.23. The molecule has 0 radical (unpaired) electrons. The van der Waals surface area contributed by atoms with Gasteiger partial charge in [0.05, 0.1) is 23.8 Å². The molecule has 290 valence electrons. The van der Waals surface area contributed by atoms with Gasteiger partial charge in [0.2, 0.25) is 10.0 Å². The van der Waals surface area contributed by atoms with Crippen molar-refractivity contribution < 1.29 is 43.5 Å². The number of hydrogen-bond acceptors (Lipinski definition) is 10. The van der Waals surface area contributed by atoms with Gasteiger partial charge in [0.1, 0.15) is 34.7 Å². The van der Waals surface area contributed by atoms with Crippen LogP contribution in [0, 0.1) is 0 Å². The summed E-state index contributed by atoms with van der Waals surface area (Å²) < 4.78 is 34.9. The van der Waals surface area contributed by atoms with E-state index >= 15 is 0 Å². The highest BCUT2D eigenvalue weighted by atomic mass is 35.5. The number of aliphatic hydroxyl groups is 5. The molecule has 5 rings (SSSR count). The number of carbonyl (C=O) groups is 1. The van der Waals surface area contributed by atoms with E-state index < -0.39 is 41.0 Å². The van der Waals surface area contributed by atoms with Crippen molar-refractivity contribution in [1.82, 2.24) is 9.29 Å². The van der Waals surface area contributed by atoms with Gasteiger partial charge in [-0.2, -0.15) is 0 Å². The lowest BCUT2D eigenvalue weighted by Crippen LogP contribution is -2.45. The number of aromatic nitrogens is 1. The number of benzene rings is 2. The molecule has 2 aromatic carbocycles. The maximum Gasteiger partial charge on any atom is 0.244 e. The van der Waals surface area contributed by atoms with Crippen molar-refractivity contribution >= 4 is 39.0 Å². The third-order valence-corrected chi connectivity index (χ3v) is 13.0. The maximum absolute atomic E-state index is 13.7. The second-order valence-electron chi connectivity index (χ2n) is 14.4. The molecule has 0 bridgehead atoms. The largest absolute Gasteiger partial charge is 0.490 e. The first-order valence-electron chi connectivity index (χ1n) is 18.3. The summed E-state index contributed by atoms with van der Waals surface area (Å²) in [6, 6.07) is 13.2. The molecule has 5 N–H and O–H groups in total. The van der Waals surface area contributed by atoms with Crippen LogP contribution in [0.5, 0.6) is 5.75 Å². The average molecular weight is 794 g/mol. The minimum Gasteiger partial charge on any atom is -0.490 e. The number of para-hydroxylation sites is 1. The van der Waals surface area contributed by atoms with Crippen molar-refractivity contribution in [2.75, 3.05) is 20.2 Å². The maximum atomic E-state index is 13.7. The van der Waals surface area contributed by atoms with Crippen LogP contribution in [0.1, 0.15) is 81.8 Å². The van der Waals surface area contributed by atoms with Gasteiger partial charge in [0.15, 0.2) is 0 Å². The van der Waals surface area contributed by atoms with Crippen molar-refractivity contribution in [3.63, 3.8) is 0 Å². The zero-order valence-corrected chi connectivity index (χ0v) is 32.2. The molecule has 0 unspecified atom stereocenters. The van der Waals surface area contributed by atoms with Gasteiger partial charge in [-0.05, 0) is 104 Å². The van der Waals surface area contributed by atoms with Crippen LogP contribution < -0.4 is 4.74 Å². The number of aliphatic hydroxyl groups excluding tert-OH is 5. The Morgan fingerprint density at radius 2 is 1.68 bits per heavy atom. The molecule has 0 aliphatic heterocycles. The number of Topliss-reactive ketones (excluding diaryl/α,β-unsaturated/α-hetero) is 1. The summed E-state index contributed by atoms with van der Waals surface area (Å²) in [6.07, 6.45) is 4.53. The molecule has 4 atom stereocenters. The number of hydrogen-bond donors (Lipinski definition) is 5. The van der Waals surface area contributed by atoms with Crippen molar-refractivity contribution in [2.24, 2.45) is 0 Å². The Morgan fingerprint density at radius 3 is 2.38 bits per heavy atom. The highest BCUT2D eigenvalue weighted by molar-refractivity contribution is 7.89. The first kappa shape index (κ1) is 41.5. The summed E-state index contributed by atoms with van der Waals surface area (Å²) in [5.74, 6) is 0.714. The Morgan fingerprint density at radius 1 is 0.962 bits per heavy atom. The molecule has 2 aliphatic rings. The van der Waals surface area contributed by atoms with E-state index in [4.69, 9.17) is 33.0 Å². The van der Waals surface area contributed by atoms with Crippen molar-refractivity contribution in [3.05, 3.63) is 76.0 Å². The fourth-order valence-electron chi connectivity index (χ4n) is 6.64. The lowest BCUT2D eigenvalue weighted by atomic mass is 9.85. The number of sulfonamides is 1. The molecule has 1 heterocycles. The van der Waals surface area contributed by atoms with E-state index in [2.05, 4.69) is 11.1 Å². The number of halogens is 2. The number of unbranched alkanes of at least 4 members (excludes halogenated alkanes) is 2. The molecule has 14 heteroatoms. The summed E-state index contributed by atoms with van der Waals surface area (Å²) in [4.78, 5) is 16.8. The van der Waals surface area contributed by atoms with Gasteiger partial charge in [-0.1, -0.05) is 47.8 Å². The lowest BCUT2D eigenvalue weighted by molar-refractivity contribution is -0.125. The summed E-state index contributed by atoms with van der Waals surface area (Å²) in [6.45, 7) is -0.573. The summed E-state index contributed by atoms with van der Waals surface area (Å²) in [7, 11) is -2.46. The molecule has 0 amide bonds. The number of aryl methyl sites for hydroxylation is 1. The van der Waals surface area contributed by atoms with E-state index in [0.717, 1.165) is 54.5 Å². The van der Waals surface area contributed by atoms with Gasteiger partial charge in [-0.3, -0.25) is 9.78 Å². The standard InChI is InChI=1S/C39H50Cl2N2O9S/c1-43(20-6-2-3-7-26(45)10-13-33(46)37(48)38(49)34(47)24-44)53(50,51)36-21-25(31(40)22-32(36)41)14-16-39(17-18-39)30-23-42-19-15-28(30)29-8-4-5-9-35(29)52-27-11-12-27/h4-5,8-9,15,19,21-23,27,33-34,37-38,44,46-49H,2-3,6-7,10-14,16-18,20,24H2,1H3/t33-,34+,37+,38+/m0/s1. The van der Waals surface area contributed by atoms with E-state index in [1.54, 1.807) is 12.3 Å². The summed E-state index contributed by atoms with van der Waals surface area (Å²) in [5, 5.41) is 48.5. The van der Waals surface area contributed by atoms with Gasteiger partial charge < -0.3 is 30.3 Å². The number of pyridine rings is 1. The Bertz CT molecular complexity index is 1820. The van der Waals surface area contributed by atoms with Crippen LogP contribution in [0.2, 0.25) is 10.0 Å². The second-order valence-corrected chi connectivity index (χ2v) is 17.2. The van der Waals surface area contributed by atoms with E-state index in [-0.39, 0.29) is 53.0 Å². The smallest absolute Gasteiger partial charge is 0.244 e. The van der Waals surface area contributed by atoms with Gasteiger partial charge in [-0.15, -0.1) is 0 Å². The Kier molecular flexibility index (Phi) is 14.4. The van der Waals surface area contributed by atoms with Gasteiger partial charge in [0.25, 0.3) is 0 Å². The van der Waals surface area contributed by atoms with Gasteiger partial charge in [0, 0.05) is 49.4 Å². The van der Waals surface area contributed by atoms with Gasteiger partial charge in [-0.25, -0.2) is 12.7 Å². The molecule has 3 aromatic rings. The first-order chi connectivity index (χ1) is 25.3. The Hall–Kier alpha value is -2.65. The highest BCUT2D eigenvalue weighted by Crippen LogP contribution is 2.55. The van der Waals surface area contributed by atoms with E-state index in [1.807, 2.05) is 30.5 Å². The van der Waals surface area contributed by atoms with Crippen molar-refractivity contribution in [2.45, 2.75) is 118 Å². The molecule has 53 heavy (non-hydrogen) atoms. The van der Waals surface area contributed by atoms with Crippen LogP contribution in [0.3, 0.4) is 0 Å². The molecule has 2 saturated carbocycles. The quantitative estimate of drug-likeness (QED) is 0.0848. The van der Waals surface area contributed by atoms with E-state index in [9.17, 15) is 33.6 Å². The molecular weight excluding hydrogens is 743 g/mol. The highest BCUT2D eigenvalue weighted by Gasteiger charge is 2.45. The molecule has 2 fully saturated rings. The van der Waals surface area contributed by atoms with Crippen LogP contribution in [0.25, 0.3) is 11.1 Å². The molecule has 0 saturated heterocycles. The van der Waals surface area contributed by atoms with E-state index in [0.29, 0.717) is 36.3 Å². The topological polar surface area (TPSA) is 178 Å². The van der Waals surface area contributed by atoms with Crippen LogP contribution in [-0.2, 0) is 26.7 Å². The van der Waals surface area contributed by atoms with Crippen molar-refractivity contribution in [3.8, 4) is 16.9 Å². The lowest BCUT2D eigenvalue weighted by Gasteiger charge is -2.25. The van der Waals surface area contributed by atoms with Gasteiger partial charge >= 0.3 is 0 Å². The van der Waals surface area contributed by atoms with Crippen LogP contribution in [-0.4, -0.2) is 99.7 Å². The summed E-state index contributed by atoms with van der Waals surface area (Å²) in [5.41, 5.74) is 3.87. The van der Waals surface area contributed by atoms with Crippen molar-refractivity contribution in [1.29, 1.82) is 0 Å².